The lowest BCUT2D eigenvalue weighted by Gasteiger charge is -2.02. The van der Waals surface area contributed by atoms with E-state index in [0.29, 0.717) is 10.7 Å². The first-order chi connectivity index (χ1) is 11.4. The zero-order valence-electron chi connectivity index (χ0n) is 13.2. The Kier molecular flexibility index (Phi) is 4.26. The minimum atomic E-state index is -0.488. The summed E-state index contributed by atoms with van der Waals surface area (Å²) >= 11 is 1.51. The molecule has 0 saturated heterocycles. The van der Waals surface area contributed by atoms with Crippen molar-refractivity contribution in [1.29, 1.82) is 0 Å². The fraction of sp³-hybridized carbons (Fsp3) is 0.176. The van der Waals surface area contributed by atoms with E-state index in [1.165, 1.54) is 41.2 Å². The van der Waals surface area contributed by atoms with Crippen molar-refractivity contribution in [2.75, 3.05) is 11.9 Å². The number of non-ortho nitro benzene ring substituents is 1. The average Bonchev–Trinajstić information content (AvgIpc) is 2.96. The molecule has 0 bridgehead atoms. The van der Waals surface area contributed by atoms with E-state index in [4.69, 9.17) is 0 Å². The highest BCUT2D eigenvalue weighted by molar-refractivity contribution is 7.22. The minimum absolute atomic E-state index is 0.0310. The van der Waals surface area contributed by atoms with Gasteiger partial charge in [-0.2, -0.15) is 0 Å². The molecule has 0 radical (unpaired) electrons. The molecule has 0 aliphatic rings. The summed E-state index contributed by atoms with van der Waals surface area (Å²) in [6, 6.07) is 9.74. The van der Waals surface area contributed by atoms with Gasteiger partial charge in [0.25, 0.3) is 5.69 Å². The number of ketones is 1. The van der Waals surface area contributed by atoms with Crippen molar-refractivity contribution in [3.8, 4) is 0 Å². The highest BCUT2D eigenvalue weighted by Crippen LogP contribution is 2.29. The van der Waals surface area contributed by atoms with E-state index in [2.05, 4.69) is 22.4 Å². The average molecular weight is 341 g/mol. The molecule has 0 atom stereocenters. The molecular formula is C17H15N3O3S. The quantitative estimate of drug-likeness (QED) is 0.429. The van der Waals surface area contributed by atoms with Crippen molar-refractivity contribution in [2.24, 2.45) is 0 Å². The summed E-state index contributed by atoms with van der Waals surface area (Å²) in [4.78, 5) is 26.8. The van der Waals surface area contributed by atoms with Crippen LogP contribution < -0.4 is 5.32 Å². The maximum atomic E-state index is 12.2. The van der Waals surface area contributed by atoms with Gasteiger partial charge in [0.2, 0.25) is 0 Å². The molecule has 0 aliphatic heterocycles. The Balaban J connectivity index is 1.72. The van der Waals surface area contributed by atoms with Crippen LogP contribution in [0.15, 0.2) is 36.4 Å². The van der Waals surface area contributed by atoms with E-state index in [1.807, 2.05) is 13.8 Å². The van der Waals surface area contributed by atoms with Crippen molar-refractivity contribution < 1.29 is 9.72 Å². The third kappa shape index (κ3) is 3.26. The monoisotopic (exact) mass is 341 g/mol. The van der Waals surface area contributed by atoms with Gasteiger partial charge >= 0.3 is 0 Å². The number of nitrogens with zero attached hydrogens (tertiary/aromatic N) is 2. The van der Waals surface area contributed by atoms with E-state index in [9.17, 15) is 14.9 Å². The van der Waals surface area contributed by atoms with Crippen LogP contribution in [-0.4, -0.2) is 22.2 Å². The molecule has 1 heterocycles. The number of anilines is 1. The number of carbonyl (C=O) groups is 1. The molecule has 3 aromatic rings. The maximum absolute atomic E-state index is 12.2. The van der Waals surface area contributed by atoms with E-state index in [0.717, 1.165) is 15.8 Å². The molecular weight excluding hydrogens is 326 g/mol. The van der Waals surface area contributed by atoms with Crippen molar-refractivity contribution in [1.82, 2.24) is 4.98 Å². The Labute approximate surface area is 142 Å². The number of Topliss-reactive ketones (excluding diaryl/α,β-unsaturated/α-hetero) is 1. The Hall–Kier alpha value is -2.80. The third-order valence-corrected chi connectivity index (χ3v) is 4.59. The smallest absolute Gasteiger partial charge is 0.269 e. The van der Waals surface area contributed by atoms with Crippen molar-refractivity contribution in [2.45, 2.75) is 13.8 Å². The Morgan fingerprint density at radius 3 is 2.62 bits per heavy atom. The molecule has 0 spiro atoms. The number of nitrogens with one attached hydrogen (secondary N) is 1. The summed E-state index contributed by atoms with van der Waals surface area (Å²) in [5.41, 5.74) is 3.63. The standard InChI is InChI=1S/C17H15N3O3S/c1-10-7-11(2)16-15(8-10)24-17(19-16)18-9-14(21)12-3-5-13(6-4-12)20(22)23/h3-8H,9H2,1-2H3,(H,18,19). The summed E-state index contributed by atoms with van der Waals surface area (Å²) in [5.74, 6) is -0.142. The zero-order valence-corrected chi connectivity index (χ0v) is 14.0. The van der Waals surface area contributed by atoms with Crippen LogP contribution in [0.4, 0.5) is 10.8 Å². The molecule has 7 heteroatoms. The van der Waals surface area contributed by atoms with E-state index in [-0.39, 0.29) is 18.0 Å². The predicted molar refractivity (Wildman–Crippen MR) is 95.0 cm³/mol. The fourth-order valence-corrected chi connectivity index (χ4v) is 3.51. The van der Waals surface area contributed by atoms with Gasteiger partial charge in [0.15, 0.2) is 10.9 Å². The summed E-state index contributed by atoms with van der Waals surface area (Å²) in [6.45, 7) is 4.15. The van der Waals surface area contributed by atoms with Crippen molar-refractivity contribution in [3.05, 3.63) is 63.2 Å². The highest BCUT2D eigenvalue weighted by atomic mass is 32.1. The van der Waals surface area contributed by atoms with Crippen LogP contribution in [-0.2, 0) is 0 Å². The van der Waals surface area contributed by atoms with Crippen LogP contribution in [0, 0.1) is 24.0 Å². The molecule has 122 valence electrons. The van der Waals surface area contributed by atoms with Gasteiger partial charge in [0, 0.05) is 17.7 Å². The number of rotatable bonds is 5. The van der Waals surface area contributed by atoms with Gasteiger partial charge in [0.05, 0.1) is 21.7 Å². The molecule has 0 saturated carbocycles. The molecule has 0 amide bonds. The molecule has 6 nitrogen and oxygen atoms in total. The fourth-order valence-electron chi connectivity index (χ4n) is 2.47. The van der Waals surface area contributed by atoms with Gasteiger partial charge in [0.1, 0.15) is 0 Å². The second kappa shape index (κ2) is 6.37. The lowest BCUT2D eigenvalue weighted by atomic mass is 10.1. The summed E-state index contributed by atoms with van der Waals surface area (Å²) < 4.78 is 1.08. The molecule has 0 aliphatic carbocycles. The molecule has 3 rings (SSSR count). The number of hydrogen-bond acceptors (Lipinski definition) is 6. The van der Waals surface area contributed by atoms with Gasteiger partial charge in [-0.05, 0) is 43.2 Å². The molecule has 0 unspecified atom stereocenters. The van der Waals surface area contributed by atoms with Gasteiger partial charge in [-0.15, -0.1) is 0 Å². The SMILES string of the molecule is Cc1cc(C)c2nc(NCC(=O)c3ccc([N+](=O)[O-])cc3)sc2c1. The van der Waals surface area contributed by atoms with Gasteiger partial charge in [-0.1, -0.05) is 17.4 Å². The molecule has 1 aromatic heterocycles. The molecule has 0 fully saturated rings. The van der Waals surface area contributed by atoms with Crippen LogP contribution in [0.3, 0.4) is 0 Å². The van der Waals surface area contributed by atoms with E-state index in [1.54, 1.807) is 0 Å². The summed E-state index contributed by atoms with van der Waals surface area (Å²) in [7, 11) is 0. The number of carbonyl (C=O) groups excluding carboxylic acids is 1. The minimum Gasteiger partial charge on any atom is -0.354 e. The Bertz CT molecular complexity index is 932. The summed E-state index contributed by atoms with van der Waals surface area (Å²) in [6.07, 6.45) is 0. The number of thiazole rings is 1. The lowest BCUT2D eigenvalue weighted by Crippen LogP contribution is -2.13. The number of fused-ring (bicyclic) bond motifs is 1. The number of hydrogen-bond donors (Lipinski definition) is 1. The Morgan fingerprint density at radius 1 is 1.25 bits per heavy atom. The number of nitro groups is 1. The number of nitro benzene ring substituents is 1. The van der Waals surface area contributed by atoms with Crippen LogP contribution in [0.2, 0.25) is 0 Å². The number of aromatic nitrogens is 1. The number of aryl methyl sites for hydroxylation is 2. The summed E-state index contributed by atoms with van der Waals surface area (Å²) in [5, 5.41) is 14.4. The largest absolute Gasteiger partial charge is 0.354 e. The van der Waals surface area contributed by atoms with E-state index < -0.39 is 4.92 Å². The second-order valence-electron chi connectivity index (χ2n) is 5.53. The van der Waals surface area contributed by atoms with Gasteiger partial charge < -0.3 is 5.32 Å². The molecule has 2 aromatic carbocycles. The van der Waals surface area contributed by atoms with Crippen molar-refractivity contribution in [3.63, 3.8) is 0 Å². The first kappa shape index (κ1) is 16.1. The lowest BCUT2D eigenvalue weighted by molar-refractivity contribution is -0.384. The predicted octanol–water partition coefficient (Wildman–Crippen LogP) is 4.12. The van der Waals surface area contributed by atoms with Crippen LogP contribution in [0.25, 0.3) is 10.2 Å². The molecule has 1 N–H and O–H groups in total. The van der Waals surface area contributed by atoms with Gasteiger partial charge in [-0.25, -0.2) is 4.98 Å². The second-order valence-corrected chi connectivity index (χ2v) is 6.56. The number of benzene rings is 2. The van der Waals surface area contributed by atoms with Crippen LogP contribution >= 0.6 is 11.3 Å². The highest BCUT2D eigenvalue weighted by Gasteiger charge is 2.11. The normalized spacial score (nSPS) is 10.8. The topological polar surface area (TPSA) is 85.1 Å². The van der Waals surface area contributed by atoms with Crippen LogP contribution in [0.5, 0.6) is 0 Å². The first-order valence-electron chi connectivity index (χ1n) is 7.33. The van der Waals surface area contributed by atoms with E-state index >= 15 is 0 Å². The first-order valence-corrected chi connectivity index (χ1v) is 8.15. The Morgan fingerprint density at radius 2 is 1.96 bits per heavy atom. The van der Waals surface area contributed by atoms with Gasteiger partial charge in [-0.3, -0.25) is 14.9 Å². The maximum Gasteiger partial charge on any atom is 0.269 e. The zero-order chi connectivity index (χ0) is 17.3. The van der Waals surface area contributed by atoms with Crippen molar-refractivity contribution >= 4 is 38.2 Å². The molecule has 24 heavy (non-hydrogen) atoms. The van der Waals surface area contributed by atoms with Crippen LogP contribution in [0.1, 0.15) is 21.5 Å². The third-order valence-electron chi connectivity index (χ3n) is 3.63.